The monoisotopic (exact) mass is 295 g/mol. The molecule has 0 aromatic heterocycles. The molecule has 0 saturated carbocycles. The lowest BCUT2D eigenvalue weighted by Crippen LogP contribution is -2.46. The van der Waals surface area contributed by atoms with Crippen molar-refractivity contribution in [1.82, 2.24) is 10.2 Å². The third kappa shape index (κ3) is 4.20. The van der Waals surface area contributed by atoms with E-state index in [1.165, 1.54) is 6.42 Å². The molecule has 0 bridgehead atoms. The van der Waals surface area contributed by atoms with E-state index in [1.807, 2.05) is 26.1 Å². The number of carbonyl (C=O) groups excluding carboxylic acids is 1. The molecule has 1 heterocycles. The molecule has 0 aliphatic carbocycles. The molecule has 20 heavy (non-hydrogen) atoms. The first-order valence-electron chi connectivity index (χ1n) is 7.03. The van der Waals surface area contributed by atoms with Gasteiger partial charge in [0, 0.05) is 23.3 Å². The number of carbonyl (C=O) groups is 1. The predicted octanol–water partition coefficient (Wildman–Crippen LogP) is 2.27. The number of aryl methyl sites for hydroxylation is 1. The van der Waals surface area contributed by atoms with Gasteiger partial charge in [-0.05, 0) is 57.1 Å². The second-order valence-corrected chi connectivity index (χ2v) is 5.86. The molecule has 2 rings (SSSR count). The van der Waals surface area contributed by atoms with E-state index in [2.05, 4.69) is 15.5 Å². The molecular formula is C15H22ClN3O. The van der Waals surface area contributed by atoms with Crippen molar-refractivity contribution >= 4 is 23.2 Å². The normalized spacial score (nSPS) is 19.1. The minimum Gasteiger partial charge on any atom is -0.325 e. The Balaban J connectivity index is 1.88. The molecule has 1 fully saturated rings. The van der Waals surface area contributed by atoms with Gasteiger partial charge in [0.1, 0.15) is 0 Å². The van der Waals surface area contributed by atoms with Crippen molar-refractivity contribution in [3.8, 4) is 0 Å². The van der Waals surface area contributed by atoms with Crippen LogP contribution in [-0.2, 0) is 4.79 Å². The van der Waals surface area contributed by atoms with Crippen molar-refractivity contribution in [2.45, 2.75) is 25.8 Å². The van der Waals surface area contributed by atoms with E-state index in [0.29, 0.717) is 17.6 Å². The quantitative estimate of drug-likeness (QED) is 0.896. The van der Waals surface area contributed by atoms with E-state index in [-0.39, 0.29) is 5.91 Å². The Morgan fingerprint density at radius 1 is 1.55 bits per heavy atom. The first-order chi connectivity index (χ1) is 9.56. The third-order valence-corrected chi connectivity index (χ3v) is 3.98. The SMILES string of the molecule is Cc1cc(Cl)ccc1NC(=O)CN(C)C1CCCNC1. The molecule has 1 aliphatic rings. The zero-order valence-corrected chi connectivity index (χ0v) is 12.8. The molecule has 1 aromatic rings. The van der Waals surface area contributed by atoms with Crippen molar-refractivity contribution < 1.29 is 4.79 Å². The summed E-state index contributed by atoms with van der Waals surface area (Å²) in [6, 6.07) is 5.93. The Bertz CT molecular complexity index is 472. The fraction of sp³-hybridized carbons (Fsp3) is 0.533. The van der Waals surface area contributed by atoms with E-state index >= 15 is 0 Å². The highest BCUT2D eigenvalue weighted by Gasteiger charge is 2.19. The van der Waals surface area contributed by atoms with Crippen LogP contribution in [0.2, 0.25) is 5.02 Å². The number of likely N-dealkylation sites (N-methyl/N-ethyl adjacent to an activating group) is 1. The molecule has 0 spiro atoms. The number of amides is 1. The minimum absolute atomic E-state index is 0.0171. The molecule has 4 nitrogen and oxygen atoms in total. The van der Waals surface area contributed by atoms with Crippen molar-refractivity contribution in [3.63, 3.8) is 0 Å². The Hall–Kier alpha value is -1.10. The van der Waals surface area contributed by atoms with Crippen molar-refractivity contribution in [2.75, 3.05) is 32.0 Å². The lowest BCUT2D eigenvalue weighted by atomic mass is 10.1. The van der Waals surface area contributed by atoms with E-state index in [1.54, 1.807) is 6.07 Å². The predicted molar refractivity (Wildman–Crippen MR) is 83.3 cm³/mol. The fourth-order valence-corrected chi connectivity index (χ4v) is 2.75. The maximum absolute atomic E-state index is 12.1. The number of rotatable bonds is 4. The summed E-state index contributed by atoms with van der Waals surface area (Å²) in [6.45, 7) is 4.40. The summed E-state index contributed by atoms with van der Waals surface area (Å²) in [7, 11) is 2.01. The molecule has 1 saturated heterocycles. The van der Waals surface area contributed by atoms with Crippen LogP contribution in [0.3, 0.4) is 0 Å². The van der Waals surface area contributed by atoms with Crippen molar-refractivity contribution in [2.24, 2.45) is 0 Å². The second kappa shape index (κ2) is 7.07. The summed E-state index contributed by atoms with van der Waals surface area (Å²) in [5.74, 6) is 0.0171. The Labute approximate surface area is 125 Å². The molecular weight excluding hydrogens is 274 g/mol. The van der Waals surface area contributed by atoms with Gasteiger partial charge in [-0.3, -0.25) is 9.69 Å². The summed E-state index contributed by atoms with van der Waals surface area (Å²) in [5.41, 5.74) is 1.81. The maximum Gasteiger partial charge on any atom is 0.238 e. The number of nitrogens with one attached hydrogen (secondary N) is 2. The van der Waals surface area contributed by atoms with Crippen LogP contribution < -0.4 is 10.6 Å². The van der Waals surface area contributed by atoms with Crippen LogP contribution in [0.1, 0.15) is 18.4 Å². The Morgan fingerprint density at radius 3 is 3.00 bits per heavy atom. The van der Waals surface area contributed by atoms with Gasteiger partial charge in [0.05, 0.1) is 6.54 Å². The number of hydrogen-bond acceptors (Lipinski definition) is 3. The lowest BCUT2D eigenvalue weighted by Gasteiger charge is -2.31. The molecule has 1 unspecified atom stereocenters. The van der Waals surface area contributed by atoms with Gasteiger partial charge in [-0.15, -0.1) is 0 Å². The molecule has 0 radical (unpaired) electrons. The minimum atomic E-state index is 0.0171. The molecule has 1 amide bonds. The first kappa shape index (κ1) is 15.3. The highest BCUT2D eigenvalue weighted by atomic mass is 35.5. The summed E-state index contributed by atoms with van der Waals surface area (Å²) >= 11 is 5.91. The van der Waals surface area contributed by atoms with E-state index < -0.39 is 0 Å². The highest BCUT2D eigenvalue weighted by Crippen LogP contribution is 2.19. The molecule has 5 heteroatoms. The molecule has 1 aliphatic heterocycles. The number of piperidine rings is 1. The van der Waals surface area contributed by atoms with Gasteiger partial charge >= 0.3 is 0 Å². The van der Waals surface area contributed by atoms with Crippen LogP contribution >= 0.6 is 11.6 Å². The van der Waals surface area contributed by atoms with Gasteiger partial charge in [-0.2, -0.15) is 0 Å². The first-order valence-corrected chi connectivity index (χ1v) is 7.41. The van der Waals surface area contributed by atoms with Gasteiger partial charge in [-0.1, -0.05) is 11.6 Å². The van der Waals surface area contributed by atoms with Gasteiger partial charge in [0.15, 0.2) is 0 Å². The Morgan fingerprint density at radius 2 is 2.35 bits per heavy atom. The van der Waals surface area contributed by atoms with Crippen LogP contribution in [0.25, 0.3) is 0 Å². The van der Waals surface area contributed by atoms with Crippen LogP contribution in [0.5, 0.6) is 0 Å². The van der Waals surface area contributed by atoms with Crippen LogP contribution in [0.4, 0.5) is 5.69 Å². The molecule has 2 N–H and O–H groups in total. The summed E-state index contributed by atoms with van der Waals surface area (Å²) in [4.78, 5) is 14.2. The van der Waals surface area contributed by atoms with E-state index in [9.17, 15) is 4.79 Å². The topological polar surface area (TPSA) is 44.4 Å². The average Bonchev–Trinajstić information content (AvgIpc) is 2.43. The lowest BCUT2D eigenvalue weighted by molar-refractivity contribution is -0.117. The number of anilines is 1. The van der Waals surface area contributed by atoms with E-state index in [4.69, 9.17) is 11.6 Å². The molecule has 110 valence electrons. The standard InChI is InChI=1S/C15H22ClN3O/c1-11-8-12(16)5-6-14(11)18-15(20)10-19(2)13-4-3-7-17-9-13/h5-6,8,13,17H,3-4,7,9-10H2,1-2H3,(H,18,20). The number of benzene rings is 1. The zero-order valence-electron chi connectivity index (χ0n) is 12.1. The van der Waals surface area contributed by atoms with Crippen LogP contribution in [0.15, 0.2) is 18.2 Å². The van der Waals surface area contributed by atoms with Crippen LogP contribution in [0, 0.1) is 6.92 Å². The average molecular weight is 296 g/mol. The zero-order chi connectivity index (χ0) is 14.5. The highest BCUT2D eigenvalue weighted by molar-refractivity contribution is 6.30. The largest absolute Gasteiger partial charge is 0.325 e. The molecule has 1 atom stereocenters. The van der Waals surface area contributed by atoms with Crippen molar-refractivity contribution in [3.05, 3.63) is 28.8 Å². The second-order valence-electron chi connectivity index (χ2n) is 5.42. The van der Waals surface area contributed by atoms with E-state index in [0.717, 1.165) is 30.8 Å². The third-order valence-electron chi connectivity index (χ3n) is 3.75. The fourth-order valence-electron chi connectivity index (χ4n) is 2.52. The molecule has 1 aromatic carbocycles. The number of nitrogens with zero attached hydrogens (tertiary/aromatic N) is 1. The maximum atomic E-state index is 12.1. The van der Waals surface area contributed by atoms with Gasteiger partial charge in [0.2, 0.25) is 5.91 Å². The smallest absolute Gasteiger partial charge is 0.238 e. The van der Waals surface area contributed by atoms with Crippen LogP contribution in [-0.4, -0.2) is 43.5 Å². The summed E-state index contributed by atoms with van der Waals surface area (Å²) in [6.07, 6.45) is 2.32. The number of hydrogen-bond donors (Lipinski definition) is 2. The Kier molecular flexibility index (Phi) is 5.40. The summed E-state index contributed by atoms with van der Waals surface area (Å²) < 4.78 is 0. The van der Waals surface area contributed by atoms with Crippen molar-refractivity contribution in [1.29, 1.82) is 0 Å². The summed E-state index contributed by atoms with van der Waals surface area (Å²) in [5, 5.41) is 7.00. The number of halogens is 1. The van der Waals surface area contributed by atoms with Gasteiger partial charge in [-0.25, -0.2) is 0 Å². The van der Waals surface area contributed by atoms with Gasteiger partial charge < -0.3 is 10.6 Å². The van der Waals surface area contributed by atoms with Gasteiger partial charge in [0.25, 0.3) is 0 Å².